The molecule has 2 N–H and O–H groups in total. The first-order chi connectivity index (χ1) is 8.52. The Morgan fingerprint density at radius 1 is 1.39 bits per heavy atom. The fraction of sp³-hybridized carbons (Fsp3) is 0.385. The highest BCUT2D eigenvalue weighted by Crippen LogP contribution is 2.33. The van der Waals surface area contributed by atoms with Crippen molar-refractivity contribution in [2.45, 2.75) is 12.5 Å². The van der Waals surface area contributed by atoms with Crippen LogP contribution in [0.3, 0.4) is 0 Å². The number of carbonyl (C=O) groups excluding carboxylic acids is 2. The maximum absolute atomic E-state index is 12.0. The van der Waals surface area contributed by atoms with Gasteiger partial charge in [0.05, 0.1) is 0 Å². The zero-order valence-electron chi connectivity index (χ0n) is 10.6. The molecule has 18 heavy (non-hydrogen) atoms. The van der Waals surface area contributed by atoms with E-state index < -0.39 is 6.04 Å². The number of fused-ring (bicyclic) bond motifs is 1. The van der Waals surface area contributed by atoms with E-state index in [1.165, 1.54) is 4.90 Å². The molecule has 1 aliphatic rings. The number of carbonyl (C=O) groups is 2. The molecule has 0 saturated heterocycles. The molecule has 0 saturated carbocycles. The third-order valence-corrected chi connectivity index (χ3v) is 3.14. The van der Waals surface area contributed by atoms with Crippen molar-refractivity contribution in [2.75, 3.05) is 25.5 Å². The standard InChI is InChI=1S/C13H17N3O2/c1-15(2)11(17)7-8-16-10-6-4-3-5-9(10)12(14)13(16)18/h3-6,12H,7-8,14H2,1-2H3. The molecule has 1 aliphatic heterocycles. The van der Waals surface area contributed by atoms with Crippen LogP contribution in [0.5, 0.6) is 0 Å². The molecule has 1 aromatic rings. The summed E-state index contributed by atoms with van der Waals surface area (Å²) in [4.78, 5) is 26.7. The van der Waals surface area contributed by atoms with Gasteiger partial charge in [-0.3, -0.25) is 9.59 Å². The van der Waals surface area contributed by atoms with E-state index in [1.54, 1.807) is 19.0 Å². The number of para-hydroxylation sites is 1. The lowest BCUT2D eigenvalue weighted by molar-refractivity contribution is -0.128. The first kappa shape index (κ1) is 12.6. The second-order valence-corrected chi connectivity index (χ2v) is 4.56. The van der Waals surface area contributed by atoms with Crippen molar-refractivity contribution in [3.05, 3.63) is 29.8 Å². The van der Waals surface area contributed by atoms with E-state index in [2.05, 4.69) is 0 Å². The van der Waals surface area contributed by atoms with Crippen LogP contribution in [0.1, 0.15) is 18.0 Å². The third kappa shape index (κ3) is 2.09. The molecule has 1 atom stereocenters. The summed E-state index contributed by atoms with van der Waals surface area (Å²) < 4.78 is 0. The quantitative estimate of drug-likeness (QED) is 0.846. The Morgan fingerprint density at radius 3 is 2.72 bits per heavy atom. The second-order valence-electron chi connectivity index (χ2n) is 4.56. The minimum absolute atomic E-state index is 0.000697. The molecule has 5 heteroatoms. The number of nitrogens with two attached hydrogens (primary N) is 1. The van der Waals surface area contributed by atoms with Crippen molar-refractivity contribution in [3.63, 3.8) is 0 Å². The lowest BCUT2D eigenvalue weighted by atomic mass is 10.1. The largest absolute Gasteiger partial charge is 0.349 e. The van der Waals surface area contributed by atoms with Crippen molar-refractivity contribution in [1.29, 1.82) is 0 Å². The van der Waals surface area contributed by atoms with Crippen LogP contribution < -0.4 is 10.6 Å². The van der Waals surface area contributed by atoms with E-state index in [0.29, 0.717) is 13.0 Å². The van der Waals surface area contributed by atoms with Crippen molar-refractivity contribution >= 4 is 17.5 Å². The van der Waals surface area contributed by atoms with Gasteiger partial charge in [-0.25, -0.2) is 0 Å². The lowest BCUT2D eigenvalue weighted by Crippen LogP contribution is -2.35. The van der Waals surface area contributed by atoms with Crippen LogP contribution in [0.4, 0.5) is 5.69 Å². The van der Waals surface area contributed by atoms with E-state index in [-0.39, 0.29) is 11.8 Å². The second kappa shape index (κ2) is 4.78. The van der Waals surface area contributed by atoms with E-state index in [4.69, 9.17) is 5.73 Å². The van der Waals surface area contributed by atoms with Crippen LogP contribution >= 0.6 is 0 Å². The van der Waals surface area contributed by atoms with Gasteiger partial charge in [-0.15, -0.1) is 0 Å². The molecule has 0 fully saturated rings. The van der Waals surface area contributed by atoms with Crippen molar-refractivity contribution in [2.24, 2.45) is 5.73 Å². The summed E-state index contributed by atoms with van der Waals surface area (Å²) in [7, 11) is 3.40. The van der Waals surface area contributed by atoms with Crippen LogP contribution in [-0.2, 0) is 9.59 Å². The Labute approximate surface area is 106 Å². The Bertz CT molecular complexity index is 485. The number of hydrogen-bond acceptors (Lipinski definition) is 3. The van der Waals surface area contributed by atoms with Gasteiger partial charge in [0.25, 0.3) is 0 Å². The zero-order valence-corrected chi connectivity index (χ0v) is 10.6. The molecule has 96 valence electrons. The molecule has 0 aliphatic carbocycles. The molecule has 5 nitrogen and oxygen atoms in total. The van der Waals surface area contributed by atoms with Crippen LogP contribution in [0, 0.1) is 0 Å². The number of nitrogens with zero attached hydrogens (tertiary/aromatic N) is 2. The average molecular weight is 247 g/mol. The SMILES string of the molecule is CN(C)C(=O)CCN1C(=O)C(N)c2ccccc21. The highest BCUT2D eigenvalue weighted by atomic mass is 16.2. The van der Waals surface area contributed by atoms with Crippen molar-refractivity contribution < 1.29 is 9.59 Å². The number of benzene rings is 1. The summed E-state index contributed by atoms with van der Waals surface area (Å²) in [5, 5.41) is 0. The summed E-state index contributed by atoms with van der Waals surface area (Å²) in [5.41, 5.74) is 7.51. The van der Waals surface area contributed by atoms with Gasteiger partial charge in [0.15, 0.2) is 0 Å². The topological polar surface area (TPSA) is 66.6 Å². The number of anilines is 1. The van der Waals surface area contributed by atoms with E-state index in [0.717, 1.165) is 11.3 Å². The predicted octanol–water partition coefficient (Wildman–Crippen LogP) is 0.511. The first-order valence-corrected chi connectivity index (χ1v) is 5.88. The molecule has 2 amide bonds. The fourth-order valence-electron chi connectivity index (χ4n) is 2.08. The first-order valence-electron chi connectivity index (χ1n) is 5.88. The Balaban J connectivity index is 2.15. The van der Waals surface area contributed by atoms with Crippen LogP contribution in [0.2, 0.25) is 0 Å². The smallest absolute Gasteiger partial charge is 0.248 e. The van der Waals surface area contributed by atoms with E-state index in [1.807, 2.05) is 24.3 Å². The fourth-order valence-corrected chi connectivity index (χ4v) is 2.08. The molecule has 2 rings (SSSR count). The minimum Gasteiger partial charge on any atom is -0.349 e. The van der Waals surface area contributed by atoms with Crippen LogP contribution in [0.25, 0.3) is 0 Å². The summed E-state index contributed by atoms with van der Waals surface area (Å²) in [6.45, 7) is 0.376. The summed E-state index contributed by atoms with van der Waals surface area (Å²) in [5.74, 6) is -0.136. The van der Waals surface area contributed by atoms with Gasteiger partial charge >= 0.3 is 0 Å². The number of amides is 2. The molecule has 0 aromatic heterocycles. The molecule has 0 bridgehead atoms. The summed E-state index contributed by atoms with van der Waals surface area (Å²) in [6.07, 6.45) is 0.305. The third-order valence-electron chi connectivity index (χ3n) is 3.14. The maximum atomic E-state index is 12.0. The lowest BCUT2D eigenvalue weighted by Gasteiger charge is -2.18. The Hall–Kier alpha value is -1.88. The van der Waals surface area contributed by atoms with Crippen LogP contribution in [-0.4, -0.2) is 37.4 Å². The molecule has 1 heterocycles. The highest BCUT2D eigenvalue weighted by molar-refractivity contribution is 6.04. The van der Waals surface area contributed by atoms with Gasteiger partial charge in [0.1, 0.15) is 6.04 Å². The van der Waals surface area contributed by atoms with Gasteiger partial charge in [-0.2, -0.15) is 0 Å². The molecule has 0 spiro atoms. The normalized spacial score (nSPS) is 17.8. The zero-order chi connectivity index (χ0) is 13.3. The molecular weight excluding hydrogens is 230 g/mol. The van der Waals surface area contributed by atoms with Crippen molar-refractivity contribution in [3.8, 4) is 0 Å². The van der Waals surface area contributed by atoms with Crippen molar-refractivity contribution in [1.82, 2.24) is 4.90 Å². The van der Waals surface area contributed by atoms with Gasteiger partial charge < -0.3 is 15.5 Å². The number of rotatable bonds is 3. The Morgan fingerprint density at radius 2 is 2.06 bits per heavy atom. The predicted molar refractivity (Wildman–Crippen MR) is 69.0 cm³/mol. The highest BCUT2D eigenvalue weighted by Gasteiger charge is 2.34. The number of hydrogen-bond donors (Lipinski definition) is 1. The van der Waals surface area contributed by atoms with Gasteiger partial charge in [0, 0.05) is 38.3 Å². The van der Waals surface area contributed by atoms with E-state index >= 15 is 0 Å². The van der Waals surface area contributed by atoms with Gasteiger partial charge in [-0.1, -0.05) is 18.2 Å². The minimum atomic E-state index is -0.601. The molecular formula is C13H17N3O2. The maximum Gasteiger partial charge on any atom is 0.248 e. The Kier molecular flexibility index (Phi) is 3.34. The summed E-state index contributed by atoms with van der Waals surface area (Å²) in [6, 6.07) is 6.84. The molecule has 1 aromatic carbocycles. The summed E-state index contributed by atoms with van der Waals surface area (Å²) >= 11 is 0. The van der Waals surface area contributed by atoms with Gasteiger partial charge in [0.2, 0.25) is 11.8 Å². The van der Waals surface area contributed by atoms with E-state index in [9.17, 15) is 9.59 Å². The molecule has 1 unspecified atom stereocenters. The average Bonchev–Trinajstić information content (AvgIpc) is 2.60. The monoisotopic (exact) mass is 247 g/mol. The molecule has 0 radical (unpaired) electrons. The van der Waals surface area contributed by atoms with Gasteiger partial charge in [-0.05, 0) is 6.07 Å². The van der Waals surface area contributed by atoms with Crippen LogP contribution in [0.15, 0.2) is 24.3 Å².